The standard InChI is InChI=1S/C17H30N4/c1-4-6-18-13-16-12-15(3)17(19-14-16)21-10-8-20(7-5-2)9-11-21/h12,14,18H,4-11,13H2,1-3H3. The second-order valence-electron chi connectivity index (χ2n) is 5.99. The van der Waals surface area contributed by atoms with Crippen LogP contribution in [0.4, 0.5) is 5.82 Å². The number of nitrogens with zero attached hydrogens (tertiary/aromatic N) is 3. The molecule has 1 aromatic rings. The van der Waals surface area contributed by atoms with Crippen molar-refractivity contribution in [2.75, 3.05) is 44.2 Å². The third kappa shape index (κ3) is 4.68. The van der Waals surface area contributed by atoms with Crippen molar-refractivity contribution in [1.82, 2.24) is 15.2 Å². The highest BCUT2D eigenvalue weighted by atomic mass is 15.3. The number of anilines is 1. The highest BCUT2D eigenvalue weighted by Gasteiger charge is 2.18. The Morgan fingerprint density at radius 1 is 1.14 bits per heavy atom. The third-order valence-electron chi connectivity index (χ3n) is 4.07. The van der Waals surface area contributed by atoms with Crippen molar-refractivity contribution >= 4 is 5.82 Å². The SMILES string of the molecule is CCCNCc1cnc(N2CCN(CCC)CC2)c(C)c1. The Balaban J connectivity index is 1.92. The lowest BCUT2D eigenvalue weighted by Gasteiger charge is -2.36. The highest BCUT2D eigenvalue weighted by Crippen LogP contribution is 2.19. The molecule has 4 heteroatoms. The maximum atomic E-state index is 4.72. The van der Waals surface area contributed by atoms with Gasteiger partial charge in [-0.15, -0.1) is 0 Å². The number of hydrogen-bond donors (Lipinski definition) is 1. The number of hydrogen-bond acceptors (Lipinski definition) is 4. The molecule has 1 saturated heterocycles. The van der Waals surface area contributed by atoms with Crippen molar-refractivity contribution in [2.24, 2.45) is 0 Å². The Kier molecular flexibility index (Phi) is 6.46. The van der Waals surface area contributed by atoms with E-state index in [1.165, 1.54) is 36.3 Å². The van der Waals surface area contributed by atoms with Crippen LogP contribution < -0.4 is 10.2 Å². The molecule has 2 rings (SSSR count). The zero-order valence-corrected chi connectivity index (χ0v) is 13.9. The molecule has 1 aliphatic heterocycles. The van der Waals surface area contributed by atoms with Crippen LogP contribution in [0.25, 0.3) is 0 Å². The van der Waals surface area contributed by atoms with Gasteiger partial charge in [-0.1, -0.05) is 13.8 Å². The van der Waals surface area contributed by atoms with Crippen LogP contribution >= 0.6 is 0 Å². The van der Waals surface area contributed by atoms with Crippen LogP contribution in [0.1, 0.15) is 37.8 Å². The molecule has 1 fully saturated rings. The van der Waals surface area contributed by atoms with E-state index in [0.717, 1.165) is 39.3 Å². The largest absolute Gasteiger partial charge is 0.354 e. The van der Waals surface area contributed by atoms with Gasteiger partial charge in [-0.2, -0.15) is 0 Å². The molecule has 4 nitrogen and oxygen atoms in total. The van der Waals surface area contributed by atoms with Gasteiger partial charge in [0.2, 0.25) is 0 Å². The third-order valence-corrected chi connectivity index (χ3v) is 4.07. The lowest BCUT2D eigenvalue weighted by molar-refractivity contribution is 0.258. The van der Waals surface area contributed by atoms with Crippen LogP contribution in [0.5, 0.6) is 0 Å². The first-order valence-electron chi connectivity index (χ1n) is 8.38. The van der Waals surface area contributed by atoms with Crippen LogP contribution in [0.2, 0.25) is 0 Å². The molecule has 1 aromatic heterocycles. The molecule has 2 heterocycles. The average Bonchev–Trinajstić information content (AvgIpc) is 2.49. The molecule has 0 amide bonds. The summed E-state index contributed by atoms with van der Waals surface area (Å²) in [7, 11) is 0. The quantitative estimate of drug-likeness (QED) is 0.782. The van der Waals surface area contributed by atoms with Crippen molar-refractivity contribution in [3.05, 3.63) is 23.4 Å². The van der Waals surface area contributed by atoms with Gasteiger partial charge in [0.05, 0.1) is 0 Å². The van der Waals surface area contributed by atoms with Gasteiger partial charge in [0.25, 0.3) is 0 Å². The number of aromatic nitrogens is 1. The minimum atomic E-state index is 0.923. The van der Waals surface area contributed by atoms with Gasteiger partial charge < -0.3 is 10.2 Å². The van der Waals surface area contributed by atoms with E-state index in [1.54, 1.807) is 0 Å². The molecule has 118 valence electrons. The highest BCUT2D eigenvalue weighted by molar-refractivity contribution is 5.47. The lowest BCUT2D eigenvalue weighted by Crippen LogP contribution is -2.47. The topological polar surface area (TPSA) is 31.4 Å². The molecule has 0 atom stereocenters. The van der Waals surface area contributed by atoms with Crippen LogP contribution in [0.3, 0.4) is 0 Å². The predicted octanol–water partition coefficient (Wildman–Crippen LogP) is 2.42. The van der Waals surface area contributed by atoms with E-state index < -0.39 is 0 Å². The number of rotatable bonds is 7. The maximum absolute atomic E-state index is 4.72. The van der Waals surface area contributed by atoms with E-state index in [9.17, 15) is 0 Å². The molecule has 0 radical (unpaired) electrons. The van der Waals surface area contributed by atoms with Crippen molar-refractivity contribution in [3.63, 3.8) is 0 Å². The minimum Gasteiger partial charge on any atom is -0.354 e. The van der Waals surface area contributed by atoms with Gasteiger partial charge in [-0.25, -0.2) is 4.98 Å². The summed E-state index contributed by atoms with van der Waals surface area (Å²) in [6.07, 6.45) is 4.45. The van der Waals surface area contributed by atoms with Gasteiger partial charge in [0, 0.05) is 38.9 Å². The number of aryl methyl sites for hydroxylation is 1. The first kappa shape index (κ1) is 16.2. The zero-order chi connectivity index (χ0) is 15.1. The molecular weight excluding hydrogens is 260 g/mol. The summed E-state index contributed by atoms with van der Waals surface area (Å²) in [5.41, 5.74) is 2.59. The lowest BCUT2D eigenvalue weighted by atomic mass is 10.1. The molecule has 1 N–H and O–H groups in total. The van der Waals surface area contributed by atoms with Crippen molar-refractivity contribution < 1.29 is 0 Å². The average molecular weight is 290 g/mol. The van der Waals surface area contributed by atoms with Crippen molar-refractivity contribution in [2.45, 2.75) is 40.2 Å². The summed E-state index contributed by atoms with van der Waals surface area (Å²) in [5.74, 6) is 1.17. The second-order valence-corrected chi connectivity index (χ2v) is 5.99. The summed E-state index contributed by atoms with van der Waals surface area (Å²) >= 11 is 0. The summed E-state index contributed by atoms with van der Waals surface area (Å²) < 4.78 is 0. The fourth-order valence-corrected chi connectivity index (χ4v) is 2.96. The summed E-state index contributed by atoms with van der Waals surface area (Å²) in [4.78, 5) is 9.70. The van der Waals surface area contributed by atoms with Crippen LogP contribution in [0, 0.1) is 6.92 Å². The van der Waals surface area contributed by atoms with E-state index in [4.69, 9.17) is 4.98 Å². The first-order valence-corrected chi connectivity index (χ1v) is 8.38. The molecule has 21 heavy (non-hydrogen) atoms. The Morgan fingerprint density at radius 2 is 1.90 bits per heavy atom. The van der Waals surface area contributed by atoms with E-state index in [1.807, 2.05) is 6.20 Å². The maximum Gasteiger partial charge on any atom is 0.131 e. The molecule has 0 saturated carbocycles. The molecular formula is C17H30N4. The molecule has 0 bridgehead atoms. The fourth-order valence-electron chi connectivity index (χ4n) is 2.96. The summed E-state index contributed by atoms with van der Waals surface area (Å²) in [6, 6.07) is 2.28. The van der Waals surface area contributed by atoms with Crippen molar-refractivity contribution in [3.8, 4) is 0 Å². The van der Waals surface area contributed by atoms with E-state index in [0.29, 0.717) is 0 Å². The first-order chi connectivity index (χ1) is 10.2. The molecule has 0 aromatic carbocycles. The minimum absolute atomic E-state index is 0.923. The van der Waals surface area contributed by atoms with Gasteiger partial charge in [-0.05, 0) is 50.0 Å². The van der Waals surface area contributed by atoms with Gasteiger partial charge in [0.1, 0.15) is 5.82 Å². The monoisotopic (exact) mass is 290 g/mol. The Bertz CT molecular complexity index is 425. The van der Waals surface area contributed by atoms with Crippen LogP contribution in [-0.4, -0.2) is 49.2 Å². The Morgan fingerprint density at radius 3 is 2.52 bits per heavy atom. The van der Waals surface area contributed by atoms with Crippen molar-refractivity contribution in [1.29, 1.82) is 0 Å². The molecule has 0 spiro atoms. The van der Waals surface area contributed by atoms with E-state index in [-0.39, 0.29) is 0 Å². The summed E-state index contributed by atoms with van der Waals surface area (Å²) in [5, 5.41) is 3.44. The molecule has 0 aliphatic carbocycles. The van der Waals surface area contributed by atoms with Crippen LogP contribution in [0.15, 0.2) is 12.3 Å². The fraction of sp³-hybridized carbons (Fsp3) is 0.706. The number of pyridine rings is 1. The van der Waals surface area contributed by atoms with Crippen LogP contribution in [-0.2, 0) is 6.54 Å². The van der Waals surface area contributed by atoms with Gasteiger partial charge in [-0.3, -0.25) is 4.90 Å². The predicted molar refractivity (Wildman–Crippen MR) is 89.9 cm³/mol. The molecule has 0 unspecified atom stereocenters. The normalized spacial score (nSPS) is 16.4. The summed E-state index contributed by atoms with van der Waals surface area (Å²) in [6.45, 7) is 14.4. The molecule has 1 aliphatic rings. The van der Waals surface area contributed by atoms with Gasteiger partial charge in [0.15, 0.2) is 0 Å². The van der Waals surface area contributed by atoms with E-state index in [2.05, 4.69) is 42.0 Å². The zero-order valence-electron chi connectivity index (χ0n) is 13.9. The smallest absolute Gasteiger partial charge is 0.131 e. The number of nitrogens with one attached hydrogen (secondary N) is 1. The second kappa shape index (κ2) is 8.35. The van der Waals surface area contributed by atoms with Gasteiger partial charge >= 0.3 is 0 Å². The number of piperazine rings is 1. The van der Waals surface area contributed by atoms with E-state index >= 15 is 0 Å². The Labute approximate surface area is 129 Å². The Hall–Kier alpha value is -1.13.